The number of hydrogen-bond acceptors (Lipinski definition) is 3. The number of benzene rings is 1. The van der Waals surface area contributed by atoms with Gasteiger partial charge in [-0.2, -0.15) is 0 Å². The lowest BCUT2D eigenvalue weighted by atomic mass is 9.70. The smallest absolute Gasteiger partial charge is 0.135 e. The van der Waals surface area contributed by atoms with Crippen molar-refractivity contribution in [1.82, 2.24) is 4.90 Å². The largest absolute Gasteiger partial charge is 0.497 e. The third-order valence-corrected chi connectivity index (χ3v) is 6.62. The average molecular weight is 398 g/mol. The summed E-state index contributed by atoms with van der Waals surface area (Å²) in [6, 6.07) is 8.04. The Kier molecular flexibility index (Phi) is 6.42. The molecule has 3 nitrogen and oxygen atoms in total. The van der Waals surface area contributed by atoms with Crippen LogP contribution in [0.1, 0.15) is 45.2 Å². The van der Waals surface area contributed by atoms with Gasteiger partial charge < -0.3 is 4.74 Å². The number of likely N-dealkylation sites (tertiary alicyclic amines) is 1. The van der Waals surface area contributed by atoms with Gasteiger partial charge in [0.05, 0.1) is 7.11 Å². The highest BCUT2D eigenvalue weighted by molar-refractivity contribution is 5.80. The van der Waals surface area contributed by atoms with Crippen LogP contribution in [0.15, 0.2) is 60.5 Å². The van der Waals surface area contributed by atoms with Gasteiger partial charge in [-0.25, -0.2) is 4.39 Å². The second kappa shape index (κ2) is 8.66. The average Bonchev–Trinajstić information content (AvgIpc) is 3.10. The van der Waals surface area contributed by atoms with Crippen molar-refractivity contribution in [1.29, 1.82) is 0 Å². The Hall–Kier alpha value is -2.20. The van der Waals surface area contributed by atoms with Gasteiger partial charge in [-0.15, -0.1) is 6.58 Å². The number of ketones is 1. The van der Waals surface area contributed by atoms with E-state index in [1.807, 2.05) is 25.1 Å². The fourth-order valence-corrected chi connectivity index (χ4v) is 5.04. The lowest BCUT2D eigenvalue weighted by Gasteiger charge is -2.34. The molecule has 156 valence electrons. The molecule has 1 aliphatic heterocycles. The van der Waals surface area contributed by atoms with E-state index in [4.69, 9.17) is 4.74 Å². The second-order valence-electron chi connectivity index (χ2n) is 8.53. The maximum atomic E-state index is 14.6. The summed E-state index contributed by atoms with van der Waals surface area (Å²) in [5.41, 5.74) is 1.73. The molecular formula is C25H32FNO2. The maximum absolute atomic E-state index is 14.6. The van der Waals surface area contributed by atoms with Crippen LogP contribution in [-0.2, 0) is 4.79 Å². The molecule has 0 radical (unpaired) electrons. The third kappa shape index (κ3) is 4.09. The summed E-state index contributed by atoms with van der Waals surface area (Å²) in [7, 11) is 1.65. The summed E-state index contributed by atoms with van der Waals surface area (Å²) in [6.45, 7) is 11.2. The van der Waals surface area contributed by atoms with Gasteiger partial charge in [0, 0.05) is 29.8 Å². The number of allylic oxidation sites excluding steroid dienone is 4. The predicted octanol–water partition coefficient (Wildman–Crippen LogP) is 5.66. The molecule has 1 aromatic rings. The van der Waals surface area contributed by atoms with Crippen LogP contribution in [-0.4, -0.2) is 30.9 Å². The van der Waals surface area contributed by atoms with Crippen LogP contribution in [0.3, 0.4) is 0 Å². The first-order valence-electron chi connectivity index (χ1n) is 10.4. The monoisotopic (exact) mass is 397 g/mol. The van der Waals surface area contributed by atoms with Crippen molar-refractivity contribution in [3.8, 4) is 5.75 Å². The minimum atomic E-state index is -0.567. The number of rotatable bonds is 7. The van der Waals surface area contributed by atoms with E-state index in [1.54, 1.807) is 26.2 Å². The number of Topliss-reactive ketones (excluding diaryl/α,β-unsaturated/α-hetero) is 1. The van der Waals surface area contributed by atoms with E-state index in [-0.39, 0.29) is 29.5 Å². The summed E-state index contributed by atoms with van der Waals surface area (Å²) in [4.78, 5) is 15.2. The van der Waals surface area contributed by atoms with Gasteiger partial charge in [-0.3, -0.25) is 9.69 Å². The Balaban J connectivity index is 1.97. The number of carbonyl (C=O) groups excluding carboxylic acids is 1. The maximum Gasteiger partial charge on any atom is 0.135 e. The zero-order valence-corrected chi connectivity index (χ0v) is 18.0. The van der Waals surface area contributed by atoms with Crippen LogP contribution in [0, 0.1) is 17.3 Å². The summed E-state index contributed by atoms with van der Waals surface area (Å²) in [5, 5.41) is 0. The van der Waals surface area contributed by atoms with Crippen molar-refractivity contribution in [3.63, 3.8) is 0 Å². The van der Waals surface area contributed by atoms with Crippen molar-refractivity contribution in [2.45, 2.75) is 39.7 Å². The number of carbonyl (C=O) groups is 1. The van der Waals surface area contributed by atoms with Crippen molar-refractivity contribution < 1.29 is 13.9 Å². The van der Waals surface area contributed by atoms with Gasteiger partial charge in [0.2, 0.25) is 0 Å². The lowest BCUT2D eigenvalue weighted by Crippen LogP contribution is -2.29. The topological polar surface area (TPSA) is 29.5 Å². The van der Waals surface area contributed by atoms with Crippen LogP contribution in [0.4, 0.5) is 4.39 Å². The summed E-state index contributed by atoms with van der Waals surface area (Å²) in [6.07, 6.45) is 6.50. The van der Waals surface area contributed by atoms with Crippen molar-refractivity contribution in [2.75, 3.05) is 20.2 Å². The molecule has 29 heavy (non-hydrogen) atoms. The molecule has 0 bridgehead atoms. The van der Waals surface area contributed by atoms with E-state index < -0.39 is 5.41 Å². The molecule has 1 aliphatic carbocycles. The normalized spacial score (nSPS) is 29.9. The Morgan fingerprint density at radius 1 is 1.34 bits per heavy atom. The number of methoxy groups -OCH3 is 1. The molecule has 4 atom stereocenters. The fraction of sp³-hybridized carbons (Fsp3) is 0.480. The van der Waals surface area contributed by atoms with E-state index in [0.717, 1.165) is 24.4 Å². The Morgan fingerprint density at radius 3 is 2.59 bits per heavy atom. The minimum absolute atomic E-state index is 0.0238. The number of halogens is 1. The SMILES string of the molecule is C=CCC1(C)CC(C2CN(CC)C(c3ccc(OC)cc3)[C@@H]2C(C)=O)=CC=C1F. The van der Waals surface area contributed by atoms with Crippen molar-refractivity contribution >= 4 is 5.78 Å². The first-order chi connectivity index (χ1) is 13.8. The van der Waals surface area contributed by atoms with Crippen molar-refractivity contribution in [3.05, 3.63) is 66.0 Å². The van der Waals surface area contributed by atoms with E-state index >= 15 is 0 Å². The summed E-state index contributed by atoms with van der Waals surface area (Å²) in [5.74, 6) is 0.845. The van der Waals surface area contributed by atoms with Crippen molar-refractivity contribution in [2.24, 2.45) is 17.3 Å². The molecule has 4 heteroatoms. The molecule has 0 amide bonds. The van der Waals surface area contributed by atoms with Crippen LogP contribution in [0.25, 0.3) is 0 Å². The van der Waals surface area contributed by atoms with Crippen LogP contribution in [0.5, 0.6) is 5.75 Å². The minimum Gasteiger partial charge on any atom is -0.497 e. The number of hydrogen-bond donors (Lipinski definition) is 0. The van der Waals surface area contributed by atoms with Crippen LogP contribution >= 0.6 is 0 Å². The van der Waals surface area contributed by atoms with E-state index in [2.05, 4.69) is 30.5 Å². The van der Waals surface area contributed by atoms with Crippen LogP contribution in [0.2, 0.25) is 0 Å². The first kappa shape index (κ1) is 21.5. The lowest BCUT2D eigenvalue weighted by molar-refractivity contribution is -0.122. The highest BCUT2D eigenvalue weighted by atomic mass is 19.1. The fourth-order valence-electron chi connectivity index (χ4n) is 5.04. The number of nitrogens with zero attached hydrogens (tertiary/aromatic N) is 1. The van der Waals surface area contributed by atoms with Gasteiger partial charge in [-0.05, 0) is 50.1 Å². The number of ether oxygens (including phenoxy) is 1. The Labute approximate surface area is 173 Å². The molecule has 0 spiro atoms. The molecule has 0 aromatic heterocycles. The predicted molar refractivity (Wildman–Crippen MR) is 115 cm³/mol. The zero-order valence-electron chi connectivity index (χ0n) is 18.0. The summed E-state index contributed by atoms with van der Waals surface area (Å²) >= 11 is 0. The van der Waals surface area contributed by atoms with Gasteiger partial charge in [0.15, 0.2) is 0 Å². The molecule has 1 aromatic carbocycles. The van der Waals surface area contributed by atoms with Gasteiger partial charge in [0.1, 0.15) is 17.4 Å². The van der Waals surface area contributed by atoms with Gasteiger partial charge in [0.25, 0.3) is 0 Å². The molecular weight excluding hydrogens is 365 g/mol. The standard InChI is InChI=1S/C25H32FNO2/c1-6-14-25(4)15-19(10-13-22(25)26)21-16-27(7-2)24(23(21)17(3)28)18-8-11-20(29-5)12-9-18/h6,8-13,21,23-24H,1,7,14-16H2,2-5H3/t21?,23-,24?,25?/m1/s1. The molecule has 0 N–H and O–H groups in total. The summed E-state index contributed by atoms with van der Waals surface area (Å²) < 4.78 is 19.9. The molecule has 3 unspecified atom stereocenters. The van der Waals surface area contributed by atoms with Gasteiger partial charge >= 0.3 is 0 Å². The molecule has 2 aliphatic rings. The third-order valence-electron chi connectivity index (χ3n) is 6.62. The van der Waals surface area contributed by atoms with Gasteiger partial charge in [-0.1, -0.05) is 43.7 Å². The Bertz CT molecular complexity index is 826. The zero-order chi connectivity index (χ0) is 21.2. The van der Waals surface area contributed by atoms with Crippen LogP contribution < -0.4 is 4.74 Å². The highest BCUT2D eigenvalue weighted by Crippen LogP contribution is 2.50. The van der Waals surface area contributed by atoms with E-state index in [0.29, 0.717) is 12.8 Å². The first-order valence-corrected chi connectivity index (χ1v) is 10.4. The van der Waals surface area contributed by atoms with E-state index in [1.165, 1.54) is 5.57 Å². The second-order valence-corrected chi connectivity index (χ2v) is 8.53. The molecule has 1 heterocycles. The Morgan fingerprint density at radius 2 is 2.03 bits per heavy atom. The molecule has 1 saturated heterocycles. The van der Waals surface area contributed by atoms with E-state index in [9.17, 15) is 9.18 Å². The molecule has 0 saturated carbocycles. The highest BCUT2D eigenvalue weighted by Gasteiger charge is 2.47. The molecule has 1 fully saturated rings. The molecule has 3 rings (SSSR count). The quantitative estimate of drug-likeness (QED) is 0.556.